The molecule has 0 saturated heterocycles. The average Bonchev–Trinajstić information content (AvgIpc) is 1.64. The Hall–Kier alpha value is -0.850. The second kappa shape index (κ2) is 2.46. The molecule has 1 heteroatoms. The third kappa shape index (κ3) is 1.73. The lowest BCUT2D eigenvalue weighted by molar-refractivity contribution is 1.42. The van der Waals surface area contributed by atoms with E-state index in [-0.39, 0.29) is 0 Å². The number of hydrogen-bond donors (Lipinski definition) is 1. The lowest BCUT2D eigenvalue weighted by atomic mass is 10.1. The maximum Gasteiger partial charge on any atom is 0.0586 e. The average molecular weight is 109 g/mol. The molecule has 0 rings (SSSR count). The Morgan fingerprint density at radius 2 is 1.38 bits per heavy atom. The molecule has 0 fully saturated rings. The summed E-state index contributed by atoms with van der Waals surface area (Å²) in [6, 6.07) is 0. The molecule has 0 aliphatic heterocycles. The molecular weight excluding hydrogens is 98.1 g/mol. The Balaban J connectivity index is 4.05. The number of rotatable bonds is 2. The van der Waals surface area contributed by atoms with Crippen LogP contribution < -0.4 is 0 Å². The molecule has 0 atom stereocenters. The Morgan fingerprint density at radius 3 is 1.38 bits per heavy atom. The Kier molecular flexibility index (Phi) is 2.19. The molecule has 0 aliphatic rings. The highest BCUT2D eigenvalue weighted by Gasteiger charge is 1.94. The van der Waals surface area contributed by atoms with Gasteiger partial charge in [-0.1, -0.05) is 13.2 Å². The third-order valence-corrected chi connectivity index (χ3v) is 0.854. The quantitative estimate of drug-likeness (QED) is 0.525. The molecule has 0 spiro atoms. The zero-order valence-electron chi connectivity index (χ0n) is 5.41. The van der Waals surface area contributed by atoms with Gasteiger partial charge in [-0.3, -0.25) is 0 Å². The van der Waals surface area contributed by atoms with Crippen LogP contribution in [0.2, 0.25) is 0 Å². The van der Waals surface area contributed by atoms with E-state index in [1.54, 1.807) is 13.8 Å². The Morgan fingerprint density at radius 1 is 1.12 bits per heavy atom. The molecular formula is C7H11N. The van der Waals surface area contributed by atoms with Gasteiger partial charge in [0.15, 0.2) is 0 Å². The van der Waals surface area contributed by atoms with Crippen LogP contribution in [-0.2, 0) is 0 Å². The summed E-state index contributed by atoms with van der Waals surface area (Å²) in [5.41, 5.74) is 2.01. The predicted molar refractivity (Wildman–Crippen MR) is 37.4 cm³/mol. The lowest BCUT2D eigenvalue weighted by Gasteiger charge is -1.97. The first-order valence-electron chi connectivity index (χ1n) is 2.46. The molecule has 0 aromatic rings. The van der Waals surface area contributed by atoms with Gasteiger partial charge in [0.2, 0.25) is 0 Å². The van der Waals surface area contributed by atoms with Crippen LogP contribution in [0.25, 0.3) is 0 Å². The van der Waals surface area contributed by atoms with Gasteiger partial charge in [-0.05, 0) is 25.0 Å². The minimum absolute atomic E-state index is 0.463. The normalized spacial score (nSPS) is 8.25. The summed E-state index contributed by atoms with van der Waals surface area (Å²) >= 11 is 0. The summed E-state index contributed by atoms with van der Waals surface area (Å²) in [4.78, 5) is 0. The van der Waals surface area contributed by atoms with Crippen molar-refractivity contribution in [3.05, 3.63) is 24.3 Å². The first-order chi connectivity index (χ1) is 3.55. The van der Waals surface area contributed by atoms with Crippen LogP contribution in [0.15, 0.2) is 24.3 Å². The van der Waals surface area contributed by atoms with Crippen LogP contribution in [-0.4, -0.2) is 5.71 Å². The first-order valence-corrected chi connectivity index (χ1v) is 2.46. The molecule has 0 bridgehead atoms. The van der Waals surface area contributed by atoms with E-state index >= 15 is 0 Å². The standard InChI is InChI=1S/C7H11N/c1-5(2)7(8)6(3)4/h8H,1,3H2,2,4H3. The smallest absolute Gasteiger partial charge is 0.0586 e. The SMILES string of the molecule is C=C(C)C(=N)C(=C)C. The molecule has 0 aliphatic carbocycles. The van der Waals surface area contributed by atoms with E-state index in [1.165, 1.54) is 0 Å². The third-order valence-electron chi connectivity index (χ3n) is 0.854. The zero-order chi connectivity index (χ0) is 6.73. The van der Waals surface area contributed by atoms with Crippen molar-refractivity contribution in [2.75, 3.05) is 0 Å². The van der Waals surface area contributed by atoms with Gasteiger partial charge in [0.05, 0.1) is 5.71 Å². The first kappa shape index (κ1) is 7.15. The molecule has 1 nitrogen and oxygen atoms in total. The number of allylic oxidation sites excluding steroid dienone is 2. The second-order valence-electron chi connectivity index (χ2n) is 1.94. The van der Waals surface area contributed by atoms with Gasteiger partial charge in [-0.25, -0.2) is 0 Å². The fourth-order valence-corrected chi connectivity index (χ4v) is 0.364. The van der Waals surface area contributed by atoms with Crippen LogP contribution in [0.5, 0.6) is 0 Å². The van der Waals surface area contributed by atoms with E-state index in [4.69, 9.17) is 5.41 Å². The lowest BCUT2D eigenvalue weighted by Crippen LogP contribution is -1.95. The van der Waals surface area contributed by atoms with Crippen molar-refractivity contribution in [1.82, 2.24) is 0 Å². The molecule has 0 aromatic carbocycles. The molecule has 0 amide bonds. The largest absolute Gasteiger partial charge is 0.300 e. The summed E-state index contributed by atoms with van der Waals surface area (Å²) in [6.45, 7) is 10.8. The van der Waals surface area contributed by atoms with Crippen LogP contribution in [0.4, 0.5) is 0 Å². The van der Waals surface area contributed by atoms with E-state index in [1.807, 2.05) is 0 Å². The predicted octanol–water partition coefficient (Wildman–Crippen LogP) is 2.16. The van der Waals surface area contributed by atoms with E-state index in [2.05, 4.69) is 13.2 Å². The van der Waals surface area contributed by atoms with Gasteiger partial charge in [0, 0.05) is 0 Å². The Labute approximate surface area is 50.2 Å². The van der Waals surface area contributed by atoms with Gasteiger partial charge in [-0.15, -0.1) is 0 Å². The summed E-state index contributed by atoms with van der Waals surface area (Å²) in [7, 11) is 0. The van der Waals surface area contributed by atoms with Crippen LogP contribution in [0, 0.1) is 5.41 Å². The second-order valence-corrected chi connectivity index (χ2v) is 1.94. The molecule has 0 saturated carbocycles. The van der Waals surface area contributed by atoms with Gasteiger partial charge >= 0.3 is 0 Å². The van der Waals surface area contributed by atoms with Crippen LogP contribution in [0.1, 0.15) is 13.8 Å². The molecule has 0 heterocycles. The minimum Gasteiger partial charge on any atom is -0.300 e. The van der Waals surface area contributed by atoms with Crippen molar-refractivity contribution >= 4 is 5.71 Å². The molecule has 0 aromatic heterocycles. The maximum atomic E-state index is 7.20. The molecule has 8 heavy (non-hydrogen) atoms. The fraction of sp³-hybridized carbons (Fsp3) is 0.286. The molecule has 0 radical (unpaired) electrons. The van der Waals surface area contributed by atoms with E-state index < -0.39 is 0 Å². The zero-order valence-corrected chi connectivity index (χ0v) is 5.41. The van der Waals surface area contributed by atoms with Gasteiger partial charge in [0.1, 0.15) is 0 Å². The van der Waals surface area contributed by atoms with Crippen LogP contribution in [0.3, 0.4) is 0 Å². The monoisotopic (exact) mass is 109 g/mol. The number of hydrogen-bond acceptors (Lipinski definition) is 1. The highest BCUT2D eigenvalue weighted by atomic mass is 14.4. The summed E-state index contributed by atoms with van der Waals surface area (Å²) in [5.74, 6) is 0. The topological polar surface area (TPSA) is 23.9 Å². The van der Waals surface area contributed by atoms with Gasteiger partial charge < -0.3 is 5.41 Å². The fourth-order valence-electron chi connectivity index (χ4n) is 0.364. The summed E-state index contributed by atoms with van der Waals surface area (Å²) < 4.78 is 0. The van der Waals surface area contributed by atoms with Gasteiger partial charge in [-0.2, -0.15) is 0 Å². The van der Waals surface area contributed by atoms with E-state index in [9.17, 15) is 0 Å². The molecule has 1 N–H and O–H groups in total. The van der Waals surface area contributed by atoms with E-state index in [0.717, 1.165) is 11.1 Å². The van der Waals surface area contributed by atoms with Crippen LogP contribution >= 0.6 is 0 Å². The Bertz CT molecular complexity index is 126. The van der Waals surface area contributed by atoms with Crippen molar-refractivity contribution in [2.45, 2.75) is 13.8 Å². The number of nitrogens with one attached hydrogen (secondary N) is 1. The van der Waals surface area contributed by atoms with Crippen molar-refractivity contribution in [3.8, 4) is 0 Å². The van der Waals surface area contributed by atoms with Crippen molar-refractivity contribution in [1.29, 1.82) is 5.41 Å². The van der Waals surface area contributed by atoms with Crippen molar-refractivity contribution in [3.63, 3.8) is 0 Å². The van der Waals surface area contributed by atoms with Crippen molar-refractivity contribution < 1.29 is 0 Å². The molecule has 44 valence electrons. The van der Waals surface area contributed by atoms with Gasteiger partial charge in [0.25, 0.3) is 0 Å². The molecule has 0 unspecified atom stereocenters. The maximum absolute atomic E-state index is 7.20. The highest BCUT2D eigenvalue weighted by molar-refractivity contribution is 6.08. The van der Waals surface area contributed by atoms with E-state index in [0.29, 0.717) is 5.71 Å². The summed E-state index contributed by atoms with van der Waals surface area (Å²) in [6.07, 6.45) is 0. The summed E-state index contributed by atoms with van der Waals surface area (Å²) in [5, 5.41) is 7.20. The highest BCUT2D eigenvalue weighted by Crippen LogP contribution is 1.98. The van der Waals surface area contributed by atoms with Crippen molar-refractivity contribution in [2.24, 2.45) is 0 Å². The minimum atomic E-state index is 0.463.